The number of hydrogen-bond donors (Lipinski definition) is 4. The zero-order valence-electron chi connectivity index (χ0n) is 12.8. The van der Waals surface area contributed by atoms with Crippen LogP contribution in [0.5, 0.6) is 11.5 Å². The molecule has 4 aromatic carbocycles. The second kappa shape index (κ2) is 5.35. The topological polar surface area (TPSA) is 78.5 Å². The van der Waals surface area contributed by atoms with E-state index in [-0.39, 0.29) is 11.5 Å². The molecule has 24 heavy (non-hydrogen) atoms. The van der Waals surface area contributed by atoms with Crippen molar-refractivity contribution in [1.82, 2.24) is 0 Å². The molecule has 0 aliphatic carbocycles. The lowest BCUT2D eigenvalue weighted by Crippen LogP contribution is -1.91. The number of phenolic OH excluding ortho intramolecular Hbond substituents is 2. The number of benzene rings is 4. The van der Waals surface area contributed by atoms with E-state index in [9.17, 15) is 10.2 Å². The maximum atomic E-state index is 10.2. The summed E-state index contributed by atoms with van der Waals surface area (Å²) in [4.78, 5) is 0. The zero-order valence-corrected chi connectivity index (χ0v) is 12.8. The van der Waals surface area contributed by atoms with E-state index in [1.165, 1.54) is 0 Å². The molecule has 0 spiro atoms. The Kier molecular flexibility index (Phi) is 3.17. The summed E-state index contributed by atoms with van der Waals surface area (Å²) in [5, 5.41) is 26.8. The molecule has 0 fully saturated rings. The van der Waals surface area contributed by atoms with Gasteiger partial charge in [0.2, 0.25) is 0 Å². The molecule has 0 aliphatic rings. The van der Waals surface area contributed by atoms with E-state index in [1.54, 1.807) is 18.2 Å². The second-order valence-corrected chi connectivity index (χ2v) is 5.81. The third-order valence-electron chi connectivity index (χ3n) is 4.10. The fourth-order valence-corrected chi connectivity index (χ4v) is 2.94. The first-order valence-electron chi connectivity index (χ1n) is 7.61. The van der Waals surface area contributed by atoms with Crippen LogP contribution >= 0.6 is 0 Å². The minimum atomic E-state index is 0.181. The summed E-state index contributed by atoms with van der Waals surface area (Å²) in [6.07, 6.45) is 0. The highest BCUT2D eigenvalue weighted by molar-refractivity contribution is 5.95. The van der Waals surface area contributed by atoms with E-state index >= 15 is 0 Å². The number of aromatic hydroxyl groups is 2. The van der Waals surface area contributed by atoms with Gasteiger partial charge in [0.05, 0.1) is 0 Å². The van der Waals surface area contributed by atoms with E-state index in [1.807, 2.05) is 48.5 Å². The van der Waals surface area contributed by atoms with Crippen molar-refractivity contribution >= 4 is 38.6 Å². The van der Waals surface area contributed by atoms with E-state index in [2.05, 4.69) is 5.32 Å². The second-order valence-electron chi connectivity index (χ2n) is 5.81. The molecule has 0 saturated carbocycles. The standard InChI is InChI=1S/C20H16N2O2/c21-14-5-4-13-9-16(11-20(24)18(13)10-14)22-15-6-7-17-12(8-15)2-1-3-19(17)23/h1-11,22-24H,21H2. The maximum absolute atomic E-state index is 10.2. The van der Waals surface area contributed by atoms with Crippen LogP contribution in [0, 0.1) is 0 Å². The quantitative estimate of drug-likeness (QED) is 0.403. The Morgan fingerprint density at radius 2 is 1.46 bits per heavy atom. The molecule has 0 radical (unpaired) electrons. The fourth-order valence-electron chi connectivity index (χ4n) is 2.94. The largest absolute Gasteiger partial charge is 0.507 e. The number of hydrogen-bond acceptors (Lipinski definition) is 4. The maximum Gasteiger partial charge on any atom is 0.125 e. The molecular formula is C20H16N2O2. The molecule has 4 aromatic rings. The number of rotatable bonds is 2. The van der Waals surface area contributed by atoms with Crippen LogP contribution in [0.2, 0.25) is 0 Å². The summed E-state index contributed by atoms with van der Waals surface area (Å²) in [5.74, 6) is 0.445. The van der Waals surface area contributed by atoms with Gasteiger partial charge < -0.3 is 21.3 Å². The van der Waals surface area contributed by atoms with Gasteiger partial charge in [-0.05, 0) is 53.2 Å². The Bertz CT molecular complexity index is 1070. The van der Waals surface area contributed by atoms with E-state index in [0.717, 1.165) is 32.9 Å². The van der Waals surface area contributed by atoms with Crippen LogP contribution in [0.15, 0.2) is 66.7 Å². The number of anilines is 3. The third-order valence-corrected chi connectivity index (χ3v) is 4.10. The van der Waals surface area contributed by atoms with Crippen molar-refractivity contribution in [3.05, 3.63) is 66.7 Å². The number of nitrogens with one attached hydrogen (secondary N) is 1. The Hall–Kier alpha value is -3.40. The molecule has 5 N–H and O–H groups in total. The molecule has 0 bridgehead atoms. The Morgan fingerprint density at radius 3 is 2.33 bits per heavy atom. The van der Waals surface area contributed by atoms with Crippen molar-refractivity contribution in [2.45, 2.75) is 0 Å². The zero-order chi connectivity index (χ0) is 16.7. The Morgan fingerprint density at radius 1 is 0.667 bits per heavy atom. The predicted molar refractivity (Wildman–Crippen MR) is 98.9 cm³/mol. The van der Waals surface area contributed by atoms with E-state index in [0.29, 0.717) is 5.69 Å². The van der Waals surface area contributed by atoms with E-state index < -0.39 is 0 Å². The van der Waals surface area contributed by atoms with Crippen molar-refractivity contribution in [3.8, 4) is 11.5 Å². The van der Waals surface area contributed by atoms with Crippen LogP contribution in [-0.2, 0) is 0 Å². The van der Waals surface area contributed by atoms with Crippen LogP contribution in [0.25, 0.3) is 21.5 Å². The Balaban J connectivity index is 1.75. The summed E-state index contributed by atoms with van der Waals surface area (Å²) in [5.41, 5.74) is 8.05. The number of nitrogens with two attached hydrogens (primary N) is 1. The van der Waals surface area contributed by atoms with Gasteiger partial charge in [0.15, 0.2) is 0 Å². The van der Waals surface area contributed by atoms with Gasteiger partial charge >= 0.3 is 0 Å². The lowest BCUT2D eigenvalue weighted by molar-refractivity contribution is 0.481. The Labute approximate surface area is 138 Å². The van der Waals surface area contributed by atoms with Crippen LogP contribution in [0.3, 0.4) is 0 Å². The predicted octanol–water partition coefficient (Wildman–Crippen LogP) is 4.73. The first kappa shape index (κ1) is 14.2. The van der Waals surface area contributed by atoms with Crippen LogP contribution in [0.4, 0.5) is 17.1 Å². The average Bonchev–Trinajstić information content (AvgIpc) is 2.56. The smallest absolute Gasteiger partial charge is 0.125 e. The SMILES string of the molecule is Nc1ccc2cc(Nc3ccc4c(O)cccc4c3)cc(O)c2c1. The summed E-state index contributed by atoms with van der Waals surface area (Å²) in [7, 11) is 0. The molecule has 4 nitrogen and oxygen atoms in total. The van der Waals surface area contributed by atoms with Gasteiger partial charge in [0.25, 0.3) is 0 Å². The number of phenols is 2. The lowest BCUT2D eigenvalue weighted by atomic mass is 10.1. The molecule has 0 aromatic heterocycles. The van der Waals surface area contributed by atoms with Crippen molar-refractivity contribution in [2.24, 2.45) is 0 Å². The first-order chi connectivity index (χ1) is 11.6. The van der Waals surface area contributed by atoms with Gasteiger partial charge in [-0.1, -0.05) is 18.2 Å². The summed E-state index contributed by atoms with van der Waals surface area (Å²) in [6, 6.07) is 20.2. The van der Waals surface area contributed by atoms with Gasteiger partial charge in [-0.15, -0.1) is 0 Å². The number of fused-ring (bicyclic) bond motifs is 2. The first-order valence-corrected chi connectivity index (χ1v) is 7.61. The van der Waals surface area contributed by atoms with Gasteiger partial charge in [0.1, 0.15) is 11.5 Å². The molecule has 0 saturated heterocycles. The van der Waals surface area contributed by atoms with Gasteiger partial charge in [-0.25, -0.2) is 0 Å². The minimum absolute atomic E-state index is 0.181. The van der Waals surface area contributed by atoms with Crippen molar-refractivity contribution in [1.29, 1.82) is 0 Å². The van der Waals surface area contributed by atoms with Crippen LogP contribution in [0.1, 0.15) is 0 Å². The van der Waals surface area contributed by atoms with Crippen molar-refractivity contribution in [2.75, 3.05) is 11.1 Å². The summed E-state index contributed by atoms with van der Waals surface area (Å²) < 4.78 is 0. The molecular weight excluding hydrogens is 300 g/mol. The van der Waals surface area contributed by atoms with Gasteiger partial charge in [-0.2, -0.15) is 0 Å². The third kappa shape index (κ3) is 2.44. The number of nitrogen functional groups attached to an aromatic ring is 1. The van der Waals surface area contributed by atoms with Crippen LogP contribution < -0.4 is 11.1 Å². The highest BCUT2D eigenvalue weighted by Crippen LogP contribution is 2.33. The molecule has 0 atom stereocenters. The highest BCUT2D eigenvalue weighted by atomic mass is 16.3. The molecule has 0 unspecified atom stereocenters. The summed E-state index contributed by atoms with van der Waals surface area (Å²) >= 11 is 0. The highest BCUT2D eigenvalue weighted by Gasteiger charge is 2.05. The minimum Gasteiger partial charge on any atom is -0.507 e. The molecule has 0 heterocycles. The van der Waals surface area contributed by atoms with Gasteiger partial charge in [-0.3, -0.25) is 0 Å². The lowest BCUT2D eigenvalue weighted by Gasteiger charge is -2.11. The van der Waals surface area contributed by atoms with Crippen LogP contribution in [-0.4, -0.2) is 10.2 Å². The fraction of sp³-hybridized carbons (Fsp3) is 0. The van der Waals surface area contributed by atoms with E-state index in [4.69, 9.17) is 5.73 Å². The molecule has 0 amide bonds. The van der Waals surface area contributed by atoms with Crippen molar-refractivity contribution < 1.29 is 10.2 Å². The van der Waals surface area contributed by atoms with Crippen molar-refractivity contribution in [3.63, 3.8) is 0 Å². The molecule has 118 valence electrons. The molecule has 0 aliphatic heterocycles. The molecule has 4 heteroatoms. The normalized spacial score (nSPS) is 11.0. The summed E-state index contributed by atoms with van der Waals surface area (Å²) in [6.45, 7) is 0. The average molecular weight is 316 g/mol. The molecule has 4 rings (SSSR count). The monoisotopic (exact) mass is 316 g/mol. The van der Waals surface area contributed by atoms with Gasteiger partial charge in [0, 0.05) is 33.9 Å².